The number of urea groups is 1. The van der Waals surface area contributed by atoms with Crippen LogP contribution in [0.15, 0.2) is 0 Å². The van der Waals surface area contributed by atoms with E-state index in [1.165, 1.54) is 0 Å². The van der Waals surface area contributed by atoms with Crippen molar-refractivity contribution in [3.63, 3.8) is 0 Å². The molecule has 1 heterocycles. The average molecular weight is 200 g/mol. The zero-order valence-electron chi connectivity index (χ0n) is 9.08. The molecule has 0 aromatic carbocycles. The Morgan fingerprint density at radius 2 is 2.14 bits per heavy atom. The average Bonchev–Trinajstić information content (AvgIpc) is 2.67. The molecule has 1 unspecified atom stereocenters. The quantitative estimate of drug-likeness (QED) is 0.737. The van der Waals surface area contributed by atoms with Crippen LogP contribution in [0.5, 0.6) is 0 Å². The zero-order valence-corrected chi connectivity index (χ0v) is 9.08. The van der Waals surface area contributed by atoms with Gasteiger partial charge in [0.15, 0.2) is 0 Å². The first-order valence-electron chi connectivity index (χ1n) is 5.25. The lowest BCUT2D eigenvalue weighted by Gasteiger charge is -2.18. The number of methoxy groups -OCH3 is 1. The molecule has 0 radical (unpaired) electrons. The Kier molecular flexibility index (Phi) is 4.73. The van der Waals surface area contributed by atoms with Crippen LogP contribution in [0.1, 0.15) is 19.8 Å². The molecule has 0 bridgehead atoms. The Labute approximate surface area is 85.6 Å². The minimum Gasteiger partial charge on any atom is -0.384 e. The fraction of sp³-hybridized carbons (Fsp3) is 0.900. The number of amides is 2. The summed E-state index contributed by atoms with van der Waals surface area (Å²) in [4.78, 5) is 13.4. The molecule has 1 aliphatic rings. The molecule has 1 aliphatic heterocycles. The van der Waals surface area contributed by atoms with Gasteiger partial charge in [0.2, 0.25) is 0 Å². The van der Waals surface area contributed by atoms with E-state index in [-0.39, 0.29) is 6.03 Å². The van der Waals surface area contributed by atoms with Crippen LogP contribution in [-0.4, -0.2) is 44.3 Å². The van der Waals surface area contributed by atoms with Crippen LogP contribution in [0.25, 0.3) is 0 Å². The molecule has 0 aromatic heterocycles. The van der Waals surface area contributed by atoms with Crippen LogP contribution in [0.3, 0.4) is 0 Å². The molecule has 0 saturated carbocycles. The van der Waals surface area contributed by atoms with Gasteiger partial charge in [-0.05, 0) is 18.8 Å². The van der Waals surface area contributed by atoms with Crippen molar-refractivity contribution in [2.24, 2.45) is 5.92 Å². The van der Waals surface area contributed by atoms with Crippen molar-refractivity contribution in [3.8, 4) is 0 Å². The normalized spacial score (nSPS) is 18.3. The minimum atomic E-state index is 0.0745. The molecule has 4 heteroatoms. The van der Waals surface area contributed by atoms with Crippen molar-refractivity contribution in [3.05, 3.63) is 0 Å². The SMILES string of the molecule is COCC(C)CNC(=O)N1CCCC1. The summed E-state index contributed by atoms with van der Waals surface area (Å²) in [5.74, 6) is 0.381. The number of likely N-dealkylation sites (tertiary alicyclic amines) is 1. The largest absolute Gasteiger partial charge is 0.384 e. The van der Waals surface area contributed by atoms with Crippen molar-refractivity contribution in [2.75, 3.05) is 33.4 Å². The lowest BCUT2D eigenvalue weighted by atomic mass is 10.2. The number of ether oxygens (including phenoxy) is 1. The highest BCUT2D eigenvalue weighted by Crippen LogP contribution is 2.07. The Hall–Kier alpha value is -0.770. The van der Waals surface area contributed by atoms with E-state index in [9.17, 15) is 4.79 Å². The molecular formula is C10H20N2O2. The molecule has 0 aromatic rings. The van der Waals surface area contributed by atoms with Gasteiger partial charge in [0.1, 0.15) is 0 Å². The first kappa shape index (κ1) is 11.3. The lowest BCUT2D eigenvalue weighted by Crippen LogP contribution is -2.40. The molecule has 2 amide bonds. The summed E-state index contributed by atoms with van der Waals surface area (Å²) in [5.41, 5.74) is 0. The van der Waals surface area contributed by atoms with Crippen LogP contribution in [0.4, 0.5) is 4.79 Å². The van der Waals surface area contributed by atoms with Crippen LogP contribution in [-0.2, 0) is 4.74 Å². The monoisotopic (exact) mass is 200 g/mol. The predicted molar refractivity (Wildman–Crippen MR) is 55.2 cm³/mol. The van der Waals surface area contributed by atoms with E-state index < -0.39 is 0 Å². The Morgan fingerprint density at radius 3 is 2.71 bits per heavy atom. The van der Waals surface area contributed by atoms with E-state index in [2.05, 4.69) is 12.2 Å². The maximum Gasteiger partial charge on any atom is 0.317 e. The van der Waals surface area contributed by atoms with Crippen molar-refractivity contribution in [1.82, 2.24) is 10.2 Å². The number of carbonyl (C=O) groups is 1. The summed E-state index contributed by atoms with van der Waals surface area (Å²) < 4.78 is 5.00. The molecule has 1 rings (SSSR count). The second kappa shape index (κ2) is 5.86. The fourth-order valence-corrected chi connectivity index (χ4v) is 1.64. The van der Waals surface area contributed by atoms with E-state index >= 15 is 0 Å². The molecule has 82 valence electrons. The molecule has 14 heavy (non-hydrogen) atoms. The van der Waals surface area contributed by atoms with Crippen LogP contribution in [0, 0.1) is 5.92 Å². The standard InChI is InChI=1S/C10H20N2O2/c1-9(8-14-2)7-11-10(13)12-5-3-4-6-12/h9H,3-8H2,1-2H3,(H,11,13). The van der Waals surface area contributed by atoms with Gasteiger partial charge in [-0.25, -0.2) is 4.79 Å². The maximum absolute atomic E-state index is 11.5. The van der Waals surface area contributed by atoms with E-state index in [0.29, 0.717) is 19.1 Å². The van der Waals surface area contributed by atoms with Gasteiger partial charge in [0.25, 0.3) is 0 Å². The van der Waals surface area contributed by atoms with E-state index in [0.717, 1.165) is 25.9 Å². The molecule has 0 aliphatic carbocycles. The Morgan fingerprint density at radius 1 is 1.50 bits per heavy atom. The summed E-state index contributed by atoms with van der Waals surface area (Å²) >= 11 is 0. The Balaban J connectivity index is 2.13. The lowest BCUT2D eigenvalue weighted by molar-refractivity contribution is 0.156. The van der Waals surface area contributed by atoms with Crippen LogP contribution >= 0.6 is 0 Å². The summed E-state index contributed by atoms with van der Waals surface area (Å²) in [6, 6.07) is 0.0745. The van der Waals surface area contributed by atoms with Gasteiger partial charge in [-0.1, -0.05) is 6.92 Å². The van der Waals surface area contributed by atoms with E-state index in [1.807, 2.05) is 4.90 Å². The highest BCUT2D eigenvalue weighted by Gasteiger charge is 2.17. The van der Waals surface area contributed by atoms with Gasteiger partial charge in [-0.3, -0.25) is 0 Å². The smallest absolute Gasteiger partial charge is 0.317 e. The Bertz CT molecular complexity index is 179. The number of hydrogen-bond acceptors (Lipinski definition) is 2. The number of nitrogens with one attached hydrogen (secondary N) is 1. The van der Waals surface area contributed by atoms with Gasteiger partial charge in [0, 0.05) is 26.7 Å². The van der Waals surface area contributed by atoms with Gasteiger partial charge >= 0.3 is 6.03 Å². The number of nitrogens with zero attached hydrogens (tertiary/aromatic N) is 1. The molecule has 4 nitrogen and oxygen atoms in total. The second-order valence-corrected chi connectivity index (χ2v) is 3.94. The summed E-state index contributed by atoms with van der Waals surface area (Å²) in [6.45, 7) is 5.27. The van der Waals surface area contributed by atoms with Crippen LogP contribution < -0.4 is 5.32 Å². The molecule has 1 saturated heterocycles. The molecule has 1 atom stereocenters. The number of hydrogen-bond donors (Lipinski definition) is 1. The number of carbonyl (C=O) groups excluding carboxylic acids is 1. The van der Waals surface area contributed by atoms with Crippen molar-refractivity contribution >= 4 is 6.03 Å². The van der Waals surface area contributed by atoms with Crippen LogP contribution in [0.2, 0.25) is 0 Å². The van der Waals surface area contributed by atoms with Gasteiger partial charge < -0.3 is 15.0 Å². The highest BCUT2D eigenvalue weighted by atomic mass is 16.5. The molecule has 1 fully saturated rings. The van der Waals surface area contributed by atoms with E-state index in [4.69, 9.17) is 4.74 Å². The minimum absolute atomic E-state index is 0.0745. The van der Waals surface area contributed by atoms with Gasteiger partial charge in [-0.15, -0.1) is 0 Å². The third kappa shape index (κ3) is 3.54. The van der Waals surface area contributed by atoms with Crippen molar-refractivity contribution in [1.29, 1.82) is 0 Å². The zero-order chi connectivity index (χ0) is 10.4. The third-order valence-corrected chi connectivity index (χ3v) is 2.45. The predicted octanol–water partition coefficient (Wildman–Crippen LogP) is 1.07. The van der Waals surface area contributed by atoms with Crippen molar-refractivity contribution in [2.45, 2.75) is 19.8 Å². The van der Waals surface area contributed by atoms with E-state index in [1.54, 1.807) is 7.11 Å². The molecule has 1 N–H and O–H groups in total. The summed E-state index contributed by atoms with van der Waals surface area (Å²) in [7, 11) is 1.68. The fourth-order valence-electron chi connectivity index (χ4n) is 1.64. The first-order chi connectivity index (χ1) is 6.74. The van der Waals surface area contributed by atoms with Gasteiger partial charge in [0.05, 0.1) is 6.61 Å². The molecule has 0 spiro atoms. The third-order valence-electron chi connectivity index (χ3n) is 2.45. The highest BCUT2D eigenvalue weighted by molar-refractivity contribution is 5.74. The topological polar surface area (TPSA) is 41.6 Å². The molecular weight excluding hydrogens is 180 g/mol. The first-order valence-corrected chi connectivity index (χ1v) is 5.25. The van der Waals surface area contributed by atoms with Crippen molar-refractivity contribution < 1.29 is 9.53 Å². The summed E-state index contributed by atoms with van der Waals surface area (Å²) in [6.07, 6.45) is 2.28. The maximum atomic E-state index is 11.5. The van der Waals surface area contributed by atoms with Gasteiger partial charge in [-0.2, -0.15) is 0 Å². The second-order valence-electron chi connectivity index (χ2n) is 3.94. The summed E-state index contributed by atoms with van der Waals surface area (Å²) in [5, 5.41) is 2.92. The number of rotatable bonds is 4.